The van der Waals surface area contributed by atoms with E-state index in [-0.39, 0.29) is 16.5 Å². The number of benzene rings is 2. The highest BCUT2D eigenvalue weighted by molar-refractivity contribution is 6.34. The molecule has 0 atom stereocenters. The number of phenolic OH excluding ortho intramolecular Hbond substituents is 2. The van der Waals surface area contributed by atoms with Gasteiger partial charge in [-0.05, 0) is 36.8 Å². The Kier molecular flexibility index (Phi) is 5.49. The highest BCUT2D eigenvalue weighted by Crippen LogP contribution is 2.31. The molecule has 108 valence electrons. The van der Waals surface area contributed by atoms with Crippen molar-refractivity contribution < 1.29 is 10.2 Å². The highest BCUT2D eigenvalue weighted by atomic mass is 35.5. The Labute approximate surface area is 122 Å². The SMILES string of the molecule is Cc1ccc(N)c(Cl)c1O.NCc1cc(N)ccc1O. The van der Waals surface area contributed by atoms with Crippen molar-refractivity contribution >= 4 is 23.0 Å². The molecular formula is C14H18ClN3O2. The quantitative estimate of drug-likeness (QED) is 0.409. The summed E-state index contributed by atoms with van der Waals surface area (Å²) < 4.78 is 0. The van der Waals surface area contributed by atoms with Crippen LogP contribution in [0, 0.1) is 6.92 Å². The van der Waals surface area contributed by atoms with Crippen LogP contribution in [0.25, 0.3) is 0 Å². The average Bonchev–Trinajstić information content (AvgIpc) is 2.44. The second kappa shape index (κ2) is 6.88. The lowest BCUT2D eigenvalue weighted by Gasteiger charge is -2.02. The second-order valence-corrected chi connectivity index (χ2v) is 4.60. The Morgan fingerprint density at radius 3 is 2.25 bits per heavy atom. The van der Waals surface area contributed by atoms with Crippen molar-refractivity contribution in [1.82, 2.24) is 0 Å². The fraction of sp³-hybridized carbons (Fsp3) is 0.143. The van der Waals surface area contributed by atoms with Gasteiger partial charge in [-0.2, -0.15) is 0 Å². The molecule has 20 heavy (non-hydrogen) atoms. The summed E-state index contributed by atoms with van der Waals surface area (Å²) in [6, 6.07) is 8.22. The van der Waals surface area contributed by atoms with Gasteiger partial charge in [-0.3, -0.25) is 0 Å². The molecule has 0 aliphatic heterocycles. The van der Waals surface area contributed by atoms with Crippen LogP contribution in [0.1, 0.15) is 11.1 Å². The van der Waals surface area contributed by atoms with Gasteiger partial charge in [0.25, 0.3) is 0 Å². The zero-order chi connectivity index (χ0) is 15.3. The van der Waals surface area contributed by atoms with E-state index in [2.05, 4.69) is 0 Å². The Hall–Kier alpha value is -2.11. The third-order valence-electron chi connectivity index (χ3n) is 2.67. The van der Waals surface area contributed by atoms with Crippen LogP contribution in [0.2, 0.25) is 5.02 Å². The minimum absolute atomic E-state index is 0.0710. The molecule has 2 aromatic rings. The molecule has 0 saturated heterocycles. The van der Waals surface area contributed by atoms with Gasteiger partial charge in [-0.25, -0.2) is 0 Å². The Morgan fingerprint density at radius 2 is 1.75 bits per heavy atom. The minimum atomic E-state index is 0.0710. The number of hydrogen-bond acceptors (Lipinski definition) is 5. The Morgan fingerprint density at radius 1 is 1.10 bits per heavy atom. The summed E-state index contributed by atoms with van der Waals surface area (Å²) in [5, 5.41) is 18.5. The molecule has 0 bridgehead atoms. The number of nitrogen functional groups attached to an aromatic ring is 2. The van der Waals surface area contributed by atoms with Crippen molar-refractivity contribution in [2.45, 2.75) is 13.5 Å². The van der Waals surface area contributed by atoms with Crippen LogP contribution in [0.15, 0.2) is 30.3 Å². The van der Waals surface area contributed by atoms with Gasteiger partial charge >= 0.3 is 0 Å². The van der Waals surface area contributed by atoms with Gasteiger partial charge in [0.2, 0.25) is 0 Å². The van der Waals surface area contributed by atoms with Crippen LogP contribution in [0.3, 0.4) is 0 Å². The molecular weight excluding hydrogens is 278 g/mol. The summed E-state index contributed by atoms with van der Waals surface area (Å²) in [6.45, 7) is 2.08. The first-order valence-electron chi connectivity index (χ1n) is 5.87. The van der Waals surface area contributed by atoms with Gasteiger partial charge < -0.3 is 27.4 Å². The number of anilines is 2. The van der Waals surface area contributed by atoms with Crippen molar-refractivity contribution in [2.24, 2.45) is 5.73 Å². The third-order valence-corrected chi connectivity index (χ3v) is 3.07. The summed E-state index contributed by atoms with van der Waals surface area (Å²) in [4.78, 5) is 0. The van der Waals surface area contributed by atoms with Gasteiger partial charge in [0.1, 0.15) is 16.5 Å². The van der Waals surface area contributed by atoms with E-state index in [9.17, 15) is 5.11 Å². The van der Waals surface area contributed by atoms with Crippen molar-refractivity contribution in [2.75, 3.05) is 11.5 Å². The van der Waals surface area contributed by atoms with Crippen LogP contribution >= 0.6 is 11.6 Å². The van der Waals surface area contributed by atoms with E-state index in [1.165, 1.54) is 6.07 Å². The predicted molar refractivity (Wildman–Crippen MR) is 82.7 cm³/mol. The molecule has 0 heterocycles. The third kappa shape index (κ3) is 3.94. The predicted octanol–water partition coefficient (Wildman–Crippen LogP) is 2.37. The van der Waals surface area contributed by atoms with E-state index in [0.717, 1.165) is 5.56 Å². The lowest BCUT2D eigenvalue weighted by molar-refractivity contribution is 0.468. The fourth-order valence-corrected chi connectivity index (χ4v) is 1.66. The zero-order valence-corrected chi connectivity index (χ0v) is 11.9. The van der Waals surface area contributed by atoms with Gasteiger partial charge in [0.15, 0.2) is 0 Å². The molecule has 0 aromatic heterocycles. The fourth-order valence-electron chi connectivity index (χ4n) is 1.45. The van der Waals surface area contributed by atoms with Crippen molar-refractivity contribution in [3.05, 3.63) is 46.5 Å². The number of phenols is 2. The summed E-state index contributed by atoms with van der Waals surface area (Å²) in [5.74, 6) is 0.276. The Bertz CT molecular complexity index is 576. The van der Waals surface area contributed by atoms with Gasteiger partial charge in [-0.15, -0.1) is 0 Å². The number of nitrogens with two attached hydrogens (primary N) is 3. The maximum atomic E-state index is 9.18. The van der Waals surface area contributed by atoms with Crippen LogP contribution < -0.4 is 17.2 Å². The van der Waals surface area contributed by atoms with Gasteiger partial charge in [-0.1, -0.05) is 17.7 Å². The van der Waals surface area contributed by atoms with Crippen molar-refractivity contribution in [3.8, 4) is 11.5 Å². The number of halogens is 1. The van der Waals surface area contributed by atoms with Crippen LogP contribution in [-0.4, -0.2) is 10.2 Å². The van der Waals surface area contributed by atoms with E-state index >= 15 is 0 Å². The molecule has 0 spiro atoms. The number of hydrogen-bond donors (Lipinski definition) is 5. The van der Waals surface area contributed by atoms with Crippen LogP contribution in [-0.2, 0) is 6.54 Å². The smallest absolute Gasteiger partial charge is 0.139 e. The summed E-state index contributed by atoms with van der Waals surface area (Å²) in [5.41, 5.74) is 18.6. The van der Waals surface area contributed by atoms with E-state index in [0.29, 0.717) is 23.5 Å². The second-order valence-electron chi connectivity index (χ2n) is 4.23. The molecule has 0 unspecified atom stereocenters. The summed E-state index contributed by atoms with van der Waals surface area (Å²) in [6.07, 6.45) is 0. The normalized spacial score (nSPS) is 9.75. The molecule has 0 fully saturated rings. The van der Waals surface area contributed by atoms with E-state index in [4.69, 9.17) is 33.9 Å². The van der Waals surface area contributed by atoms with Gasteiger partial charge in [0.05, 0.1) is 5.69 Å². The maximum Gasteiger partial charge on any atom is 0.139 e. The molecule has 8 N–H and O–H groups in total. The van der Waals surface area contributed by atoms with E-state index in [1.807, 2.05) is 0 Å². The minimum Gasteiger partial charge on any atom is -0.508 e. The molecule has 0 aliphatic carbocycles. The lowest BCUT2D eigenvalue weighted by atomic mass is 10.2. The first kappa shape index (κ1) is 15.9. The monoisotopic (exact) mass is 295 g/mol. The van der Waals surface area contributed by atoms with E-state index < -0.39 is 0 Å². The average molecular weight is 296 g/mol. The molecule has 2 rings (SSSR count). The standard InChI is InChI=1S/C7H8ClNO.C7H10N2O/c1-4-2-3-5(9)6(8)7(4)10;8-4-5-3-6(9)1-2-7(5)10/h2-3,10H,9H2,1H3;1-3,10H,4,8-9H2. The highest BCUT2D eigenvalue weighted by Gasteiger charge is 2.03. The van der Waals surface area contributed by atoms with Crippen LogP contribution in [0.4, 0.5) is 11.4 Å². The van der Waals surface area contributed by atoms with E-state index in [1.54, 1.807) is 31.2 Å². The maximum absolute atomic E-state index is 9.18. The van der Waals surface area contributed by atoms with Crippen molar-refractivity contribution in [3.63, 3.8) is 0 Å². The number of rotatable bonds is 1. The molecule has 2 aromatic carbocycles. The largest absolute Gasteiger partial charge is 0.508 e. The first-order valence-corrected chi connectivity index (χ1v) is 6.25. The van der Waals surface area contributed by atoms with Gasteiger partial charge in [0, 0.05) is 17.8 Å². The summed E-state index contributed by atoms with van der Waals surface area (Å²) >= 11 is 5.61. The van der Waals surface area contributed by atoms with Crippen molar-refractivity contribution in [1.29, 1.82) is 0 Å². The molecule has 0 saturated carbocycles. The first-order chi connectivity index (χ1) is 9.36. The zero-order valence-electron chi connectivity index (χ0n) is 11.1. The molecule has 0 radical (unpaired) electrons. The molecule has 6 heteroatoms. The number of aryl methyl sites for hydroxylation is 1. The Balaban J connectivity index is 0.000000200. The summed E-state index contributed by atoms with van der Waals surface area (Å²) in [7, 11) is 0. The topological polar surface area (TPSA) is 119 Å². The molecule has 0 amide bonds. The number of aromatic hydroxyl groups is 2. The van der Waals surface area contributed by atoms with Crippen LogP contribution in [0.5, 0.6) is 11.5 Å². The molecule has 0 aliphatic rings. The molecule has 5 nitrogen and oxygen atoms in total. The lowest BCUT2D eigenvalue weighted by Crippen LogP contribution is -1.97.